The predicted octanol–water partition coefficient (Wildman–Crippen LogP) is 9.10. The van der Waals surface area contributed by atoms with Crippen LogP contribution in [0.3, 0.4) is 0 Å². The molecule has 0 amide bonds. The van der Waals surface area contributed by atoms with Gasteiger partial charge in [0.15, 0.2) is 6.10 Å². The Morgan fingerprint density at radius 1 is 0.659 bits per heavy atom. The fourth-order valence-electron chi connectivity index (χ4n) is 4.74. The Morgan fingerprint density at radius 3 is 1.64 bits per heavy atom. The molecule has 0 saturated heterocycles. The minimum Gasteiger partial charge on any atom is -0.462 e. The van der Waals surface area contributed by atoms with Crippen LogP contribution in [-0.2, 0) is 32.7 Å². The van der Waals surface area contributed by atoms with Gasteiger partial charge in [-0.25, -0.2) is 4.57 Å². The van der Waals surface area contributed by atoms with Crippen LogP contribution in [0.1, 0.15) is 162 Å². The van der Waals surface area contributed by atoms with E-state index in [-0.39, 0.29) is 38.6 Å². The number of ether oxygens (including phenoxy) is 2. The normalized spacial score (nSPS) is 13.6. The van der Waals surface area contributed by atoms with Gasteiger partial charge in [-0.05, 0) is 38.5 Å². The Kier molecular flexibility index (Phi) is 30.8. The lowest BCUT2D eigenvalue weighted by molar-refractivity contribution is -0.161. The summed E-state index contributed by atoms with van der Waals surface area (Å²) in [7, 11) is -4.36. The molecule has 0 rings (SSSR count). The highest BCUT2D eigenvalue weighted by atomic mass is 31.2. The molecule has 0 aliphatic carbocycles. The summed E-state index contributed by atoms with van der Waals surface area (Å²) < 4.78 is 32.5. The highest BCUT2D eigenvalue weighted by molar-refractivity contribution is 7.47. The third-order valence-corrected chi connectivity index (χ3v) is 8.39. The summed E-state index contributed by atoms with van der Waals surface area (Å²) >= 11 is 0. The van der Waals surface area contributed by atoms with Gasteiger partial charge in [-0.1, -0.05) is 122 Å². The largest absolute Gasteiger partial charge is 0.472 e. The number of carbonyl (C=O) groups excluding carboxylic acids is 2. The van der Waals surface area contributed by atoms with Crippen molar-refractivity contribution in [2.75, 3.05) is 26.4 Å². The Bertz CT molecular complexity index is 749. The van der Waals surface area contributed by atoms with Crippen LogP contribution in [0.15, 0.2) is 12.2 Å². The molecule has 0 heterocycles. The lowest BCUT2D eigenvalue weighted by Gasteiger charge is -2.19. The number of hydrogen-bond acceptors (Lipinski definition) is 8. The van der Waals surface area contributed by atoms with E-state index in [0.29, 0.717) is 6.42 Å². The van der Waals surface area contributed by atoms with Gasteiger partial charge < -0.3 is 20.1 Å². The molecular formula is C34H66NO8P. The molecule has 0 aromatic carbocycles. The van der Waals surface area contributed by atoms with E-state index in [2.05, 4.69) is 26.0 Å². The number of hydrogen-bond donors (Lipinski definition) is 2. The average Bonchev–Trinajstić information content (AvgIpc) is 3.00. The van der Waals surface area contributed by atoms with Crippen molar-refractivity contribution in [3.63, 3.8) is 0 Å². The summed E-state index contributed by atoms with van der Waals surface area (Å²) in [4.78, 5) is 34.5. The van der Waals surface area contributed by atoms with Crippen LogP contribution in [-0.4, -0.2) is 49.3 Å². The molecule has 0 saturated carbocycles. The molecule has 10 heteroatoms. The molecule has 0 aliphatic rings. The molecule has 3 N–H and O–H groups in total. The summed E-state index contributed by atoms with van der Waals surface area (Å²) in [5.41, 5.74) is 5.31. The first-order valence-electron chi connectivity index (χ1n) is 17.7. The molecule has 0 bridgehead atoms. The van der Waals surface area contributed by atoms with Gasteiger partial charge >= 0.3 is 19.8 Å². The van der Waals surface area contributed by atoms with Crippen LogP contribution in [0.25, 0.3) is 0 Å². The molecule has 2 atom stereocenters. The van der Waals surface area contributed by atoms with Crippen molar-refractivity contribution in [3.05, 3.63) is 12.2 Å². The Labute approximate surface area is 269 Å². The highest BCUT2D eigenvalue weighted by Gasteiger charge is 2.25. The molecule has 0 radical (unpaired) electrons. The summed E-state index contributed by atoms with van der Waals surface area (Å²) in [6, 6.07) is 0. The molecule has 0 spiro atoms. The minimum atomic E-state index is -4.36. The Balaban J connectivity index is 4.27. The number of rotatable bonds is 33. The number of nitrogens with two attached hydrogens (primary N) is 1. The fraction of sp³-hybridized carbons (Fsp3) is 0.882. The van der Waals surface area contributed by atoms with E-state index in [0.717, 1.165) is 51.4 Å². The van der Waals surface area contributed by atoms with Gasteiger partial charge in [0.05, 0.1) is 13.2 Å². The quantitative estimate of drug-likeness (QED) is 0.0309. The Morgan fingerprint density at radius 2 is 1.11 bits per heavy atom. The monoisotopic (exact) mass is 647 g/mol. The standard InChI is InChI=1S/C34H66NO8P/c1-3-5-7-9-11-13-15-16-17-19-21-23-25-27-34(37)43-32(31-42-44(38,39)41-29-28-35)30-40-33(36)26-24-22-20-18-14-12-10-8-6-4-2/h13,15,32H,3-12,14,16-31,35H2,1-2H3,(H,38,39)/b15-13+/t32-/m1/s1. The van der Waals surface area contributed by atoms with E-state index in [9.17, 15) is 19.0 Å². The fourth-order valence-corrected chi connectivity index (χ4v) is 5.51. The molecule has 0 aliphatic heterocycles. The lowest BCUT2D eigenvalue weighted by Crippen LogP contribution is -2.29. The van der Waals surface area contributed by atoms with Crippen molar-refractivity contribution in [2.24, 2.45) is 5.73 Å². The summed E-state index contributed by atoms with van der Waals surface area (Å²) in [5.74, 6) is -0.838. The maximum Gasteiger partial charge on any atom is 0.472 e. The lowest BCUT2D eigenvalue weighted by atomic mass is 10.1. The molecule has 0 aromatic rings. The first-order valence-corrected chi connectivity index (χ1v) is 19.2. The smallest absolute Gasteiger partial charge is 0.462 e. The topological polar surface area (TPSA) is 134 Å². The Hall–Kier alpha value is -1.25. The zero-order valence-electron chi connectivity index (χ0n) is 28.2. The first-order chi connectivity index (χ1) is 21.3. The van der Waals surface area contributed by atoms with Crippen molar-refractivity contribution in [1.29, 1.82) is 0 Å². The van der Waals surface area contributed by atoms with E-state index in [1.54, 1.807) is 0 Å². The van der Waals surface area contributed by atoms with Crippen LogP contribution in [0.5, 0.6) is 0 Å². The van der Waals surface area contributed by atoms with Gasteiger partial charge in [-0.2, -0.15) is 0 Å². The zero-order chi connectivity index (χ0) is 32.6. The number of phosphoric acid groups is 1. The van der Waals surface area contributed by atoms with E-state index < -0.39 is 26.5 Å². The molecule has 0 fully saturated rings. The SMILES string of the molecule is CCCCCC/C=C/CCCCCCCC(=O)O[C@H](COC(=O)CCCCCCCCCCCC)COP(=O)(O)OCCN. The predicted molar refractivity (Wildman–Crippen MR) is 178 cm³/mol. The van der Waals surface area contributed by atoms with E-state index in [1.165, 1.54) is 77.0 Å². The van der Waals surface area contributed by atoms with Gasteiger partial charge in [0, 0.05) is 19.4 Å². The molecular weight excluding hydrogens is 581 g/mol. The van der Waals surface area contributed by atoms with Gasteiger partial charge in [0.25, 0.3) is 0 Å². The second-order valence-electron chi connectivity index (χ2n) is 11.7. The van der Waals surface area contributed by atoms with Gasteiger partial charge in [-0.3, -0.25) is 18.6 Å². The zero-order valence-corrected chi connectivity index (χ0v) is 29.0. The van der Waals surface area contributed by atoms with Crippen molar-refractivity contribution < 1.29 is 37.6 Å². The van der Waals surface area contributed by atoms with Crippen LogP contribution < -0.4 is 5.73 Å². The third kappa shape index (κ3) is 30.8. The molecule has 9 nitrogen and oxygen atoms in total. The van der Waals surface area contributed by atoms with Gasteiger partial charge in [0.2, 0.25) is 0 Å². The highest BCUT2D eigenvalue weighted by Crippen LogP contribution is 2.43. The van der Waals surface area contributed by atoms with Crippen LogP contribution >= 0.6 is 7.82 Å². The van der Waals surface area contributed by atoms with Crippen molar-refractivity contribution in [2.45, 2.75) is 168 Å². The molecule has 1 unspecified atom stereocenters. The second-order valence-corrected chi connectivity index (χ2v) is 13.2. The number of phosphoric ester groups is 1. The van der Waals surface area contributed by atoms with Gasteiger partial charge in [-0.15, -0.1) is 0 Å². The van der Waals surface area contributed by atoms with E-state index in [4.69, 9.17) is 24.3 Å². The molecule has 0 aromatic heterocycles. The second kappa shape index (κ2) is 31.7. The minimum absolute atomic E-state index is 0.0543. The van der Waals surface area contributed by atoms with E-state index in [1.807, 2.05) is 0 Å². The number of unbranched alkanes of at least 4 members (excludes halogenated alkanes) is 18. The van der Waals surface area contributed by atoms with Crippen molar-refractivity contribution in [1.82, 2.24) is 0 Å². The maximum atomic E-state index is 12.5. The summed E-state index contributed by atoms with van der Waals surface area (Å²) in [5, 5.41) is 0. The van der Waals surface area contributed by atoms with Crippen molar-refractivity contribution in [3.8, 4) is 0 Å². The maximum absolute atomic E-state index is 12.5. The van der Waals surface area contributed by atoms with Crippen molar-refractivity contribution >= 4 is 19.8 Å². The third-order valence-electron chi connectivity index (χ3n) is 7.40. The summed E-state index contributed by atoms with van der Waals surface area (Å²) in [6.07, 6.45) is 28.1. The van der Waals surface area contributed by atoms with Crippen LogP contribution in [0, 0.1) is 0 Å². The first kappa shape index (κ1) is 42.8. The van der Waals surface area contributed by atoms with Crippen LogP contribution in [0.4, 0.5) is 0 Å². The van der Waals surface area contributed by atoms with E-state index >= 15 is 0 Å². The number of allylic oxidation sites excluding steroid dienone is 2. The van der Waals surface area contributed by atoms with Crippen LogP contribution in [0.2, 0.25) is 0 Å². The average molecular weight is 648 g/mol. The molecule has 44 heavy (non-hydrogen) atoms. The molecule has 260 valence electrons. The number of carbonyl (C=O) groups is 2. The summed E-state index contributed by atoms with van der Waals surface area (Å²) in [6.45, 7) is 3.68. The van der Waals surface area contributed by atoms with Gasteiger partial charge in [0.1, 0.15) is 6.61 Å². The number of esters is 2.